The first-order valence-electron chi connectivity index (χ1n) is 11.3. The Morgan fingerprint density at radius 3 is 2.37 bits per heavy atom. The van der Waals surface area contributed by atoms with Crippen LogP contribution in [0.2, 0.25) is 5.02 Å². The minimum Gasteiger partial charge on any atom is -0.495 e. The lowest BCUT2D eigenvalue weighted by molar-refractivity contribution is -0.160. The van der Waals surface area contributed by atoms with Crippen LogP contribution < -0.4 is 10.1 Å². The summed E-state index contributed by atoms with van der Waals surface area (Å²) >= 11 is 6.20. The molecule has 1 saturated heterocycles. The summed E-state index contributed by atoms with van der Waals surface area (Å²) in [6, 6.07) is 3.16. The van der Waals surface area contributed by atoms with Gasteiger partial charge in [-0.05, 0) is 87.7 Å². The van der Waals surface area contributed by atoms with Gasteiger partial charge in [0.15, 0.2) is 0 Å². The molecule has 1 atom stereocenters. The van der Waals surface area contributed by atoms with Crippen molar-refractivity contribution >= 4 is 29.1 Å². The van der Waals surface area contributed by atoms with Gasteiger partial charge in [0.05, 0.1) is 18.2 Å². The van der Waals surface area contributed by atoms with Gasteiger partial charge in [-0.15, -0.1) is 0 Å². The SMILES string of the molecule is COc1cc(Cl)c(C)cc1NC(=O)C1CCCN1C(=O)C12CC3CC(CC(C3)C1)C2. The number of nitrogens with zero attached hydrogens (tertiary/aromatic N) is 1. The Morgan fingerprint density at radius 1 is 1.13 bits per heavy atom. The highest BCUT2D eigenvalue weighted by atomic mass is 35.5. The Balaban J connectivity index is 1.35. The second kappa shape index (κ2) is 7.44. The molecule has 6 heteroatoms. The van der Waals surface area contributed by atoms with E-state index in [1.807, 2.05) is 17.9 Å². The number of rotatable bonds is 4. The average molecular weight is 431 g/mol. The second-order valence-corrected chi connectivity index (χ2v) is 10.6. The van der Waals surface area contributed by atoms with Crippen molar-refractivity contribution in [3.63, 3.8) is 0 Å². The van der Waals surface area contributed by atoms with Gasteiger partial charge in [0.25, 0.3) is 0 Å². The summed E-state index contributed by atoms with van der Waals surface area (Å²) in [5.41, 5.74) is 1.28. The third-order valence-corrected chi connectivity index (χ3v) is 8.45. The molecule has 0 aromatic heterocycles. The molecule has 1 N–H and O–H groups in total. The number of hydrogen-bond acceptors (Lipinski definition) is 3. The van der Waals surface area contributed by atoms with Crippen LogP contribution in [0.4, 0.5) is 5.69 Å². The van der Waals surface area contributed by atoms with Crippen molar-refractivity contribution in [1.29, 1.82) is 0 Å². The maximum absolute atomic E-state index is 13.8. The third kappa shape index (κ3) is 3.30. The van der Waals surface area contributed by atoms with Gasteiger partial charge in [0, 0.05) is 17.6 Å². The largest absolute Gasteiger partial charge is 0.495 e. The summed E-state index contributed by atoms with van der Waals surface area (Å²) in [6.07, 6.45) is 8.64. The zero-order valence-electron chi connectivity index (χ0n) is 17.9. The van der Waals surface area contributed by atoms with E-state index in [0.717, 1.165) is 55.4 Å². The predicted molar refractivity (Wildman–Crippen MR) is 117 cm³/mol. The van der Waals surface area contributed by atoms with Crippen molar-refractivity contribution in [3.8, 4) is 5.75 Å². The molecule has 5 aliphatic rings. The Morgan fingerprint density at radius 2 is 1.77 bits per heavy atom. The highest BCUT2D eigenvalue weighted by Crippen LogP contribution is 2.60. The fourth-order valence-corrected chi connectivity index (χ4v) is 7.26. The number of carbonyl (C=O) groups excluding carboxylic acids is 2. The normalized spacial score (nSPS) is 34.3. The van der Waals surface area contributed by atoms with Gasteiger partial charge in [0.2, 0.25) is 11.8 Å². The van der Waals surface area contributed by atoms with Gasteiger partial charge in [-0.1, -0.05) is 11.6 Å². The first kappa shape index (κ1) is 20.2. The van der Waals surface area contributed by atoms with Gasteiger partial charge >= 0.3 is 0 Å². The van der Waals surface area contributed by atoms with E-state index in [2.05, 4.69) is 5.32 Å². The minimum atomic E-state index is -0.397. The standard InChI is InChI=1S/C24H31ClN2O3/c1-14-6-19(21(30-2)10-18(14)25)26-22(28)20-4-3-5-27(20)23(29)24-11-15-7-16(12-24)9-17(8-15)13-24/h6,10,15-17,20H,3-5,7-9,11-13H2,1-2H3,(H,26,28). The number of benzene rings is 1. The number of halogens is 1. The first-order valence-corrected chi connectivity index (χ1v) is 11.7. The molecule has 6 rings (SSSR count). The Hall–Kier alpha value is -1.75. The van der Waals surface area contributed by atoms with Crippen molar-refractivity contribution in [2.24, 2.45) is 23.2 Å². The maximum atomic E-state index is 13.8. The molecular formula is C24H31ClN2O3. The number of carbonyl (C=O) groups is 2. The van der Waals surface area contributed by atoms with E-state index >= 15 is 0 Å². The van der Waals surface area contributed by atoms with E-state index in [4.69, 9.17) is 16.3 Å². The quantitative estimate of drug-likeness (QED) is 0.746. The van der Waals surface area contributed by atoms with Gasteiger partial charge < -0.3 is 15.0 Å². The molecule has 5 fully saturated rings. The van der Waals surface area contributed by atoms with Crippen LogP contribution >= 0.6 is 11.6 Å². The average Bonchev–Trinajstić information content (AvgIpc) is 3.18. The molecule has 1 unspecified atom stereocenters. The van der Waals surface area contributed by atoms with E-state index in [1.54, 1.807) is 13.2 Å². The topological polar surface area (TPSA) is 58.6 Å². The second-order valence-electron chi connectivity index (χ2n) is 10.1. The molecular weight excluding hydrogens is 400 g/mol. The lowest BCUT2D eigenvalue weighted by Crippen LogP contribution is -2.56. The van der Waals surface area contributed by atoms with Crippen LogP contribution in [0.1, 0.15) is 56.9 Å². The number of hydrogen-bond donors (Lipinski definition) is 1. The van der Waals surface area contributed by atoms with E-state index in [-0.39, 0.29) is 17.2 Å². The molecule has 5 nitrogen and oxygen atoms in total. The highest BCUT2D eigenvalue weighted by Gasteiger charge is 2.56. The molecule has 4 bridgehead atoms. The Labute approximate surface area is 183 Å². The summed E-state index contributed by atoms with van der Waals surface area (Å²) < 4.78 is 5.40. The van der Waals surface area contributed by atoms with Crippen LogP contribution in [0.25, 0.3) is 0 Å². The number of methoxy groups -OCH3 is 1. The predicted octanol–water partition coefficient (Wildman–Crippen LogP) is 4.80. The molecule has 30 heavy (non-hydrogen) atoms. The number of aryl methyl sites for hydroxylation is 1. The van der Waals surface area contributed by atoms with Crippen molar-refractivity contribution in [3.05, 3.63) is 22.7 Å². The Kier molecular flexibility index (Phi) is 5.00. The van der Waals surface area contributed by atoms with E-state index < -0.39 is 6.04 Å². The molecule has 4 aliphatic carbocycles. The molecule has 1 aromatic rings. The lowest BCUT2D eigenvalue weighted by atomic mass is 9.49. The molecule has 0 radical (unpaired) electrons. The summed E-state index contributed by atoms with van der Waals surface area (Å²) in [5.74, 6) is 2.82. The monoisotopic (exact) mass is 430 g/mol. The zero-order valence-corrected chi connectivity index (χ0v) is 18.6. The fourth-order valence-electron chi connectivity index (χ4n) is 7.11. The van der Waals surface area contributed by atoms with Gasteiger partial charge in [-0.25, -0.2) is 0 Å². The molecule has 2 amide bonds. The Bertz CT molecular complexity index is 848. The molecule has 1 heterocycles. The summed E-state index contributed by atoms with van der Waals surface area (Å²) in [5, 5.41) is 3.61. The number of amides is 2. The number of ether oxygens (including phenoxy) is 1. The van der Waals surface area contributed by atoms with E-state index in [0.29, 0.717) is 23.0 Å². The summed E-state index contributed by atoms with van der Waals surface area (Å²) in [6.45, 7) is 2.59. The number of likely N-dealkylation sites (tertiary alicyclic amines) is 1. The van der Waals surface area contributed by atoms with Crippen LogP contribution in [0.15, 0.2) is 12.1 Å². The van der Waals surface area contributed by atoms with Gasteiger partial charge in [0.1, 0.15) is 11.8 Å². The lowest BCUT2D eigenvalue weighted by Gasteiger charge is -2.56. The minimum absolute atomic E-state index is 0.120. The smallest absolute Gasteiger partial charge is 0.247 e. The summed E-state index contributed by atoms with van der Waals surface area (Å²) in [4.78, 5) is 28.9. The number of anilines is 1. The van der Waals surface area contributed by atoms with Crippen molar-refractivity contribution in [1.82, 2.24) is 4.90 Å². The van der Waals surface area contributed by atoms with Crippen LogP contribution in [0, 0.1) is 30.1 Å². The van der Waals surface area contributed by atoms with E-state index in [9.17, 15) is 9.59 Å². The van der Waals surface area contributed by atoms with Crippen molar-refractivity contribution < 1.29 is 14.3 Å². The first-order chi connectivity index (χ1) is 14.4. The molecule has 162 valence electrons. The van der Waals surface area contributed by atoms with Crippen LogP contribution in [-0.2, 0) is 9.59 Å². The highest BCUT2D eigenvalue weighted by molar-refractivity contribution is 6.31. The fraction of sp³-hybridized carbons (Fsp3) is 0.667. The number of nitrogens with one attached hydrogen (secondary N) is 1. The van der Waals surface area contributed by atoms with Gasteiger partial charge in [-0.3, -0.25) is 9.59 Å². The summed E-state index contributed by atoms with van der Waals surface area (Å²) in [7, 11) is 1.56. The molecule has 0 spiro atoms. The van der Waals surface area contributed by atoms with Crippen molar-refractivity contribution in [2.75, 3.05) is 19.0 Å². The third-order valence-electron chi connectivity index (χ3n) is 8.05. The van der Waals surface area contributed by atoms with Crippen LogP contribution in [-0.4, -0.2) is 36.4 Å². The molecule has 1 aliphatic heterocycles. The maximum Gasteiger partial charge on any atom is 0.247 e. The zero-order chi connectivity index (χ0) is 21.0. The van der Waals surface area contributed by atoms with Crippen LogP contribution in [0.3, 0.4) is 0 Å². The van der Waals surface area contributed by atoms with Gasteiger partial charge in [-0.2, -0.15) is 0 Å². The molecule has 1 aromatic carbocycles. The van der Waals surface area contributed by atoms with Crippen LogP contribution in [0.5, 0.6) is 5.75 Å². The molecule has 4 saturated carbocycles. The van der Waals surface area contributed by atoms with Crippen molar-refractivity contribution in [2.45, 2.75) is 64.3 Å². The van der Waals surface area contributed by atoms with E-state index in [1.165, 1.54) is 19.3 Å².